The molecule has 0 aromatic heterocycles. The first-order valence-electron chi connectivity index (χ1n) is 5.15. The smallest absolute Gasteiger partial charge is 0.0800 e. The Morgan fingerprint density at radius 3 is 2.64 bits per heavy atom. The van der Waals surface area contributed by atoms with E-state index in [1.54, 1.807) is 0 Å². The van der Waals surface area contributed by atoms with Crippen LogP contribution in [0.5, 0.6) is 0 Å². The van der Waals surface area contributed by atoms with Gasteiger partial charge in [-0.2, -0.15) is 0 Å². The van der Waals surface area contributed by atoms with Crippen LogP contribution in [-0.2, 0) is 6.42 Å². The van der Waals surface area contributed by atoms with Gasteiger partial charge in [0.1, 0.15) is 0 Å². The van der Waals surface area contributed by atoms with Crippen LogP contribution in [0.3, 0.4) is 0 Å². The van der Waals surface area contributed by atoms with Crippen LogP contribution in [0.1, 0.15) is 43.9 Å². The number of aliphatic hydroxyl groups is 1. The van der Waals surface area contributed by atoms with Crippen molar-refractivity contribution < 1.29 is 5.11 Å². The predicted octanol–water partition coefficient (Wildman–Crippen LogP) is 3.85. The Labute approximate surface area is 94.3 Å². The number of hydrogen-bond acceptors (Lipinski definition) is 1. The summed E-state index contributed by atoms with van der Waals surface area (Å²) in [6, 6.07) is 6.20. The quantitative estimate of drug-likeness (QED) is 0.868. The van der Waals surface area contributed by atoms with Crippen LogP contribution in [0, 0.1) is 0 Å². The fourth-order valence-electron chi connectivity index (χ4n) is 1.50. The van der Waals surface area contributed by atoms with Crippen molar-refractivity contribution in [3.05, 3.63) is 33.8 Å². The number of aliphatic hydroxyl groups excluding tert-OH is 1. The second-order valence-corrected chi connectivity index (χ2v) is 4.37. The van der Waals surface area contributed by atoms with Gasteiger partial charge in [-0.1, -0.05) is 48.3 Å². The van der Waals surface area contributed by atoms with Crippen molar-refractivity contribution in [2.75, 3.05) is 0 Å². The fourth-order valence-corrected chi connectivity index (χ4v) is 2.01. The zero-order chi connectivity index (χ0) is 10.6. The van der Waals surface area contributed by atoms with E-state index in [0.29, 0.717) is 0 Å². The molecule has 1 unspecified atom stereocenters. The van der Waals surface area contributed by atoms with Gasteiger partial charge in [0, 0.05) is 4.47 Å². The molecular formula is C12H17BrO. The Hall–Kier alpha value is -0.340. The Balaban J connectivity index is 2.93. The summed E-state index contributed by atoms with van der Waals surface area (Å²) in [4.78, 5) is 0. The van der Waals surface area contributed by atoms with Crippen LogP contribution in [-0.4, -0.2) is 5.11 Å². The second kappa shape index (κ2) is 5.52. The Kier molecular flexibility index (Phi) is 4.63. The standard InChI is InChI=1S/C12H17BrO/c1-3-5-12(14)10-8-9(4-2)6-7-11(10)13/h6-8,12,14H,3-5H2,1-2H3. The maximum Gasteiger partial charge on any atom is 0.0800 e. The second-order valence-electron chi connectivity index (χ2n) is 3.51. The van der Waals surface area contributed by atoms with Crippen molar-refractivity contribution in [3.8, 4) is 0 Å². The highest BCUT2D eigenvalue weighted by Crippen LogP contribution is 2.27. The average molecular weight is 257 g/mol. The fraction of sp³-hybridized carbons (Fsp3) is 0.500. The van der Waals surface area contributed by atoms with Crippen molar-refractivity contribution in [3.63, 3.8) is 0 Å². The molecule has 0 saturated carbocycles. The van der Waals surface area contributed by atoms with Crippen molar-refractivity contribution >= 4 is 15.9 Å². The minimum atomic E-state index is -0.333. The number of hydrogen-bond donors (Lipinski definition) is 1. The third-order valence-electron chi connectivity index (χ3n) is 2.39. The first kappa shape index (κ1) is 11.7. The largest absolute Gasteiger partial charge is 0.388 e. The molecule has 1 aromatic carbocycles. The molecule has 0 saturated heterocycles. The predicted molar refractivity (Wildman–Crippen MR) is 63.4 cm³/mol. The van der Waals surface area contributed by atoms with Gasteiger partial charge in [-0.15, -0.1) is 0 Å². The summed E-state index contributed by atoms with van der Waals surface area (Å²) in [6.07, 6.45) is 2.51. The maximum absolute atomic E-state index is 9.89. The van der Waals surface area contributed by atoms with Gasteiger partial charge in [-0.3, -0.25) is 0 Å². The molecule has 0 amide bonds. The summed E-state index contributed by atoms with van der Waals surface area (Å²) >= 11 is 3.47. The van der Waals surface area contributed by atoms with Crippen molar-refractivity contribution in [2.45, 2.75) is 39.2 Å². The van der Waals surface area contributed by atoms with Gasteiger partial charge in [-0.05, 0) is 30.0 Å². The molecule has 1 nitrogen and oxygen atoms in total. The molecule has 1 rings (SSSR count). The Bertz CT molecular complexity index is 296. The van der Waals surface area contributed by atoms with Crippen LogP contribution in [0.15, 0.2) is 22.7 Å². The molecule has 14 heavy (non-hydrogen) atoms. The van der Waals surface area contributed by atoms with E-state index in [2.05, 4.69) is 41.9 Å². The lowest BCUT2D eigenvalue weighted by atomic mass is 10.0. The number of aryl methyl sites for hydroxylation is 1. The Morgan fingerprint density at radius 1 is 1.36 bits per heavy atom. The summed E-state index contributed by atoms with van der Waals surface area (Å²) in [5.74, 6) is 0. The van der Waals surface area contributed by atoms with Gasteiger partial charge >= 0.3 is 0 Å². The van der Waals surface area contributed by atoms with Crippen LogP contribution in [0.2, 0.25) is 0 Å². The molecule has 0 aliphatic carbocycles. The lowest BCUT2D eigenvalue weighted by Gasteiger charge is -2.13. The van der Waals surface area contributed by atoms with Crippen molar-refractivity contribution in [2.24, 2.45) is 0 Å². The van der Waals surface area contributed by atoms with E-state index in [1.807, 2.05) is 6.07 Å². The van der Waals surface area contributed by atoms with E-state index in [1.165, 1.54) is 5.56 Å². The summed E-state index contributed by atoms with van der Waals surface area (Å²) in [6.45, 7) is 4.21. The van der Waals surface area contributed by atoms with Crippen LogP contribution in [0.25, 0.3) is 0 Å². The van der Waals surface area contributed by atoms with Gasteiger partial charge in [0.15, 0.2) is 0 Å². The van der Waals surface area contributed by atoms with E-state index in [-0.39, 0.29) is 6.10 Å². The number of halogens is 1. The zero-order valence-corrected chi connectivity index (χ0v) is 10.3. The molecule has 1 atom stereocenters. The van der Waals surface area contributed by atoms with Gasteiger partial charge in [0.05, 0.1) is 6.10 Å². The minimum absolute atomic E-state index is 0.333. The minimum Gasteiger partial charge on any atom is -0.388 e. The third kappa shape index (κ3) is 2.82. The molecule has 78 valence electrons. The summed E-state index contributed by atoms with van der Waals surface area (Å²) < 4.78 is 1.01. The van der Waals surface area contributed by atoms with E-state index < -0.39 is 0 Å². The van der Waals surface area contributed by atoms with Gasteiger partial charge in [0.25, 0.3) is 0 Å². The molecule has 0 radical (unpaired) electrons. The molecule has 1 aromatic rings. The first-order valence-corrected chi connectivity index (χ1v) is 5.94. The van der Waals surface area contributed by atoms with Gasteiger partial charge < -0.3 is 5.11 Å². The third-order valence-corrected chi connectivity index (χ3v) is 3.11. The van der Waals surface area contributed by atoms with E-state index in [0.717, 1.165) is 29.3 Å². The van der Waals surface area contributed by atoms with Crippen LogP contribution >= 0.6 is 15.9 Å². The van der Waals surface area contributed by atoms with E-state index in [9.17, 15) is 5.11 Å². The number of rotatable bonds is 4. The van der Waals surface area contributed by atoms with Gasteiger partial charge in [0.2, 0.25) is 0 Å². The van der Waals surface area contributed by atoms with E-state index >= 15 is 0 Å². The molecule has 0 fully saturated rings. The zero-order valence-electron chi connectivity index (χ0n) is 8.76. The average Bonchev–Trinajstić information content (AvgIpc) is 2.19. The summed E-state index contributed by atoms with van der Waals surface area (Å²) in [7, 11) is 0. The van der Waals surface area contributed by atoms with E-state index in [4.69, 9.17) is 0 Å². The molecule has 0 aliphatic heterocycles. The monoisotopic (exact) mass is 256 g/mol. The normalized spacial score (nSPS) is 12.9. The molecule has 1 N–H and O–H groups in total. The molecule has 0 spiro atoms. The van der Waals surface area contributed by atoms with Crippen LogP contribution < -0.4 is 0 Å². The van der Waals surface area contributed by atoms with Crippen molar-refractivity contribution in [1.29, 1.82) is 0 Å². The highest BCUT2D eigenvalue weighted by atomic mass is 79.9. The summed E-state index contributed by atoms with van der Waals surface area (Å²) in [5, 5.41) is 9.89. The molecule has 2 heteroatoms. The highest BCUT2D eigenvalue weighted by molar-refractivity contribution is 9.10. The topological polar surface area (TPSA) is 20.2 Å². The molecule has 0 bridgehead atoms. The highest BCUT2D eigenvalue weighted by Gasteiger charge is 2.10. The molecule has 0 heterocycles. The molecule has 0 aliphatic rings. The number of benzene rings is 1. The van der Waals surface area contributed by atoms with Crippen LogP contribution in [0.4, 0.5) is 0 Å². The Morgan fingerprint density at radius 2 is 2.07 bits per heavy atom. The van der Waals surface area contributed by atoms with Crippen molar-refractivity contribution in [1.82, 2.24) is 0 Å². The maximum atomic E-state index is 9.89. The van der Waals surface area contributed by atoms with Gasteiger partial charge in [-0.25, -0.2) is 0 Å². The SMILES string of the molecule is CCCC(O)c1cc(CC)ccc1Br. The lowest BCUT2D eigenvalue weighted by Crippen LogP contribution is -1.99. The summed E-state index contributed by atoms with van der Waals surface area (Å²) in [5.41, 5.74) is 2.30. The first-order chi connectivity index (χ1) is 6.69. The molecular weight excluding hydrogens is 240 g/mol. The lowest BCUT2D eigenvalue weighted by molar-refractivity contribution is 0.165.